The van der Waals surface area contributed by atoms with Crippen molar-refractivity contribution < 1.29 is 14.4 Å². The Morgan fingerprint density at radius 2 is 1.74 bits per heavy atom. The second-order valence-corrected chi connectivity index (χ2v) is 9.13. The zero-order chi connectivity index (χ0) is 24.3. The summed E-state index contributed by atoms with van der Waals surface area (Å²) < 4.78 is 0. The first kappa shape index (κ1) is 23.4. The molecule has 1 atom stereocenters. The van der Waals surface area contributed by atoms with E-state index >= 15 is 0 Å². The molecule has 6 heteroatoms. The summed E-state index contributed by atoms with van der Waals surface area (Å²) in [6, 6.07) is 19.2. The van der Waals surface area contributed by atoms with E-state index in [1.54, 1.807) is 30.4 Å². The Bertz CT molecular complexity index is 1210. The molecule has 2 heterocycles. The molecule has 0 N–H and O–H groups in total. The third kappa shape index (κ3) is 4.62. The predicted octanol–water partition coefficient (Wildman–Crippen LogP) is 3.94. The van der Waals surface area contributed by atoms with Crippen molar-refractivity contribution in [3.8, 4) is 0 Å². The maximum absolute atomic E-state index is 13.9. The van der Waals surface area contributed by atoms with Crippen LogP contribution < -0.4 is 0 Å². The molecule has 0 saturated carbocycles. The summed E-state index contributed by atoms with van der Waals surface area (Å²) in [5.74, 6) is -0.771. The molecule has 0 radical (unpaired) electrons. The first-order valence-electron chi connectivity index (χ1n) is 11.4. The van der Waals surface area contributed by atoms with Crippen molar-refractivity contribution >= 4 is 17.7 Å². The molecule has 1 fully saturated rings. The zero-order valence-electron chi connectivity index (χ0n) is 19.8. The third-order valence-corrected chi connectivity index (χ3v) is 6.55. The molecule has 0 aliphatic carbocycles. The van der Waals surface area contributed by atoms with Crippen molar-refractivity contribution in [2.24, 2.45) is 0 Å². The van der Waals surface area contributed by atoms with E-state index in [-0.39, 0.29) is 37.1 Å². The Morgan fingerprint density at radius 1 is 1.00 bits per heavy atom. The topological polar surface area (TPSA) is 70.6 Å². The fraction of sp³-hybridized carbons (Fsp3) is 0.286. The van der Waals surface area contributed by atoms with E-state index in [0.29, 0.717) is 6.54 Å². The summed E-state index contributed by atoms with van der Waals surface area (Å²) in [6.07, 6.45) is 3.21. The number of amides is 3. The monoisotopic (exact) mass is 455 g/mol. The highest BCUT2D eigenvalue weighted by Gasteiger charge is 2.54. The van der Waals surface area contributed by atoms with Gasteiger partial charge in [-0.1, -0.05) is 60.2 Å². The van der Waals surface area contributed by atoms with Gasteiger partial charge in [0.15, 0.2) is 0 Å². The Kier molecular flexibility index (Phi) is 6.59. The Balaban J connectivity index is 1.64. The van der Waals surface area contributed by atoms with E-state index in [1.165, 1.54) is 4.90 Å². The lowest BCUT2D eigenvalue weighted by atomic mass is 9.74. The van der Waals surface area contributed by atoms with Gasteiger partial charge in [-0.3, -0.25) is 24.3 Å². The van der Waals surface area contributed by atoms with E-state index in [0.717, 1.165) is 27.8 Å². The molecular weight excluding hydrogens is 426 g/mol. The van der Waals surface area contributed by atoms with Gasteiger partial charge in [0, 0.05) is 38.8 Å². The molecule has 3 amide bonds. The summed E-state index contributed by atoms with van der Waals surface area (Å²) in [7, 11) is 1.74. The van der Waals surface area contributed by atoms with Crippen LogP contribution in [-0.4, -0.2) is 39.6 Å². The molecule has 1 aromatic heterocycles. The number of hydrogen-bond donors (Lipinski definition) is 0. The van der Waals surface area contributed by atoms with Crippen molar-refractivity contribution in [3.05, 3.63) is 101 Å². The lowest BCUT2D eigenvalue weighted by Gasteiger charge is -2.30. The number of imide groups is 1. The fourth-order valence-corrected chi connectivity index (χ4v) is 4.64. The number of likely N-dealkylation sites (tertiary alicyclic amines) is 1. The van der Waals surface area contributed by atoms with Gasteiger partial charge in [0.1, 0.15) is 0 Å². The molecule has 1 unspecified atom stereocenters. The quantitative estimate of drug-likeness (QED) is 0.506. The van der Waals surface area contributed by atoms with Gasteiger partial charge in [0.2, 0.25) is 17.7 Å². The average Bonchev–Trinajstić information content (AvgIpc) is 3.06. The molecule has 0 spiro atoms. The van der Waals surface area contributed by atoms with Crippen LogP contribution in [0.3, 0.4) is 0 Å². The fourth-order valence-electron chi connectivity index (χ4n) is 4.64. The van der Waals surface area contributed by atoms with Crippen LogP contribution in [0.5, 0.6) is 0 Å². The molecule has 0 bridgehead atoms. The molecule has 4 rings (SSSR count). The predicted molar refractivity (Wildman–Crippen MR) is 130 cm³/mol. The number of rotatable bonds is 7. The second-order valence-electron chi connectivity index (χ2n) is 9.13. The number of benzene rings is 2. The first-order chi connectivity index (χ1) is 16.3. The normalized spacial score (nSPS) is 17.8. The Morgan fingerprint density at radius 3 is 2.41 bits per heavy atom. The van der Waals surface area contributed by atoms with Gasteiger partial charge in [-0.2, -0.15) is 0 Å². The number of nitrogens with zero attached hydrogens (tertiary/aromatic N) is 3. The van der Waals surface area contributed by atoms with Crippen molar-refractivity contribution in [2.45, 2.75) is 45.2 Å². The van der Waals surface area contributed by atoms with Gasteiger partial charge in [-0.15, -0.1) is 0 Å². The van der Waals surface area contributed by atoms with Crippen LogP contribution in [-0.2, 0) is 32.9 Å². The van der Waals surface area contributed by atoms with Gasteiger partial charge in [-0.05, 0) is 42.2 Å². The zero-order valence-corrected chi connectivity index (χ0v) is 19.8. The van der Waals surface area contributed by atoms with Crippen molar-refractivity contribution in [1.82, 2.24) is 14.8 Å². The number of pyridine rings is 1. The second kappa shape index (κ2) is 9.59. The number of carbonyl (C=O) groups excluding carboxylic acids is 3. The summed E-state index contributed by atoms with van der Waals surface area (Å²) in [5.41, 5.74) is 3.34. The average molecular weight is 456 g/mol. The number of aryl methyl sites for hydroxylation is 2. The first-order valence-corrected chi connectivity index (χ1v) is 11.4. The molecule has 34 heavy (non-hydrogen) atoms. The van der Waals surface area contributed by atoms with Crippen LogP contribution in [0.15, 0.2) is 73.1 Å². The maximum atomic E-state index is 13.9. The van der Waals surface area contributed by atoms with Gasteiger partial charge < -0.3 is 4.90 Å². The summed E-state index contributed by atoms with van der Waals surface area (Å²) in [5, 5.41) is 0. The standard InChI is InChI=1S/C28H29N3O3/c1-20-10-12-22(13-11-20)18-30(3)25(32)15-28(24-9-5-4-7-21(24)2)16-26(33)31(27(28)34)19-23-8-6-14-29-17-23/h4-14,17H,15-16,18-19H2,1-3H3. The molecule has 2 aromatic carbocycles. The Hall–Kier alpha value is -3.80. The van der Waals surface area contributed by atoms with Crippen molar-refractivity contribution in [2.75, 3.05) is 7.05 Å². The van der Waals surface area contributed by atoms with Gasteiger partial charge in [-0.25, -0.2) is 0 Å². The molecule has 1 aliphatic rings. The van der Waals surface area contributed by atoms with Crippen molar-refractivity contribution in [3.63, 3.8) is 0 Å². The molecule has 1 aliphatic heterocycles. The minimum absolute atomic E-state index is 0.0267. The van der Waals surface area contributed by atoms with E-state index in [2.05, 4.69) is 4.98 Å². The van der Waals surface area contributed by atoms with E-state index < -0.39 is 5.41 Å². The smallest absolute Gasteiger partial charge is 0.241 e. The summed E-state index contributed by atoms with van der Waals surface area (Å²) in [6.45, 7) is 4.51. The highest BCUT2D eigenvalue weighted by molar-refractivity contribution is 6.10. The van der Waals surface area contributed by atoms with Crippen LogP contribution in [0.1, 0.15) is 40.7 Å². The molecular formula is C28H29N3O3. The van der Waals surface area contributed by atoms with Crippen LogP contribution >= 0.6 is 0 Å². The van der Waals surface area contributed by atoms with Crippen LogP contribution in [0, 0.1) is 13.8 Å². The van der Waals surface area contributed by atoms with Crippen molar-refractivity contribution in [1.29, 1.82) is 0 Å². The maximum Gasteiger partial charge on any atom is 0.241 e. The highest BCUT2D eigenvalue weighted by Crippen LogP contribution is 2.42. The van der Waals surface area contributed by atoms with E-state index in [4.69, 9.17) is 0 Å². The summed E-state index contributed by atoms with van der Waals surface area (Å²) >= 11 is 0. The minimum Gasteiger partial charge on any atom is -0.341 e. The van der Waals surface area contributed by atoms with E-state index in [9.17, 15) is 14.4 Å². The van der Waals surface area contributed by atoms with Gasteiger partial charge in [0.05, 0.1) is 12.0 Å². The number of carbonyl (C=O) groups is 3. The number of hydrogen-bond acceptors (Lipinski definition) is 4. The number of aromatic nitrogens is 1. The largest absolute Gasteiger partial charge is 0.341 e. The van der Waals surface area contributed by atoms with E-state index in [1.807, 2.05) is 68.4 Å². The van der Waals surface area contributed by atoms with Crippen LogP contribution in [0.25, 0.3) is 0 Å². The highest BCUT2D eigenvalue weighted by atomic mass is 16.2. The van der Waals surface area contributed by atoms with Gasteiger partial charge >= 0.3 is 0 Å². The van der Waals surface area contributed by atoms with Crippen LogP contribution in [0.4, 0.5) is 0 Å². The molecule has 1 saturated heterocycles. The van der Waals surface area contributed by atoms with Gasteiger partial charge in [0.25, 0.3) is 0 Å². The lowest BCUT2D eigenvalue weighted by Crippen LogP contribution is -2.42. The Labute approximate surface area is 200 Å². The van der Waals surface area contributed by atoms with Crippen LogP contribution in [0.2, 0.25) is 0 Å². The molecule has 174 valence electrons. The third-order valence-electron chi connectivity index (χ3n) is 6.55. The minimum atomic E-state index is -1.22. The summed E-state index contributed by atoms with van der Waals surface area (Å²) in [4.78, 5) is 47.4. The SMILES string of the molecule is Cc1ccc(CN(C)C(=O)CC2(c3ccccc3C)CC(=O)N(Cc3cccnc3)C2=O)cc1. The molecule has 6 nitrogen and oxygen atoms in total. The lowest BCUT2D eigenvalue weighted by molar-refractivity contribution is -0.143. The molecule has 3 aromatic rings.